The predicted molar refractivity (Wildman–Crippen MR) is 72.3 cm³/mol. The Kier molecular flexibility index (Phi) is 11.1. The van der Waals surface area contributed by atoms with Crippen molar-refractivity contribution in [2.45, 2.75) is 33.1 Å². The van der Waals surface area contributed by atoms with Gasteiger partial charge in [0.15, 0.2) is 0 Å². The Morgan fingerprint density at radius 1 is 0.889 bits per heavy atom. The minimum atomic E-state index is -0.948. The molecule has 0 heterocycles. The summed E-state index contributed by atoms with van der Waals surface area (Å²) in [6, 6.07) is 8.48. The Hall–Kier alpha value is -1.55. The van der Waals surface area contributed by atoms with Gasteiger partial charge in [0, 0.05) is 12.8 Å². The van der Waals surface area contributed by atoms with Gasteiger partial charge in [0.1, 0.15) is 0 Å². The second-order valence-electron chi connectivity index (χ2n) is 3.80. The zero-order valence-corrected chi connectivity index (χ0v) is 11.4. The molecule has 2 N–H and O–H groups in total. The molecule has 0 atom stereocenters. The number of halogens is 1. The molecule has 0 bridgehead atoms. The summed E-state index contributed by atoms with van der Waals surface area (Å²) in [5, 5.41) is 16.1. The monoisotopic (exact) mass is 274 g/mol. The molecule has 0 aliphatic rings. The third-order valence-electron chi connectivity index (χ3n) is 2.00. The fraction of sp³-hybridized carbons (Fsp3) is 0.385. The average Bonchev–Trinajstić information content (AvgIpc) is 2.22. The van der Waals surface area contributed by atoms with Crippen LogP contribution in [0.4, 0.5) is 0 Å². The zero-order chi connectivity index (χ0) is 13.3. The van der Waals surface area contributed by atoms with E-state index in [9.17, 15) is 9.59 Å². The number of hydrogen-bond acceptors (Lipinski definition) is 2. The quantitative estimate of drug-likeness (QED) is 0.885. The number of benzene rings is 1. The first-order valence-electron chi connectivity index (χ1n) is 5.38. The fourth-order valence-corrected chi connectivity index (χ4v) is 1.03. The maximum atomic E-state index is 9.79. The van der Waals surface area contributed by atoms with Crippen molar-refractivity contribution in [3.8, 4) is 0 Å². The molecular weight excluding hydrogens is 256 g/mol. The van der Waals surface area contributed by atoms with Gasteiger partial charge < -0.3 is 10.2 Å². The lowest BCUT2D eigenvalue weighted by Gasteiger charge is -1.90. The molecule has 102 valence electrons. The lowest BCUT2D eigenvalue weighted by Crippen LogP contribution is -1.98. The Balaban J connectivity index is 0. The molecule has 0 spiro atoms. The fourth-order valence-electron chi connectivity index (χ4n) is 1.03. The highest BCUT2D eigenvalue weighted by atomic mass is 35.5. The Morgan fingerprint density at radius 2 is 1.17 bits per heavy atom. The molecule has 1 rings (SSSR count). The van der Waals surface area contributed by atoms with E-state index in [0.717, 1.165) is 0 Å². The van der Waals surface area contributed by atoms with Gasteiger partial charge in [0.2, 0.25) is 0 Å². The van der Waals surface area contributed by atoms with Crippen LogP contribution in [-0.2, 0) is 9.59 Å². The molecule has 0 unspecified atom stereocenters. The maximum Gasteiger partial charge on any atom is 0.303 e. The van der Waals surface area contributed by atoms with Crippen molar-refractivity contribution in [1.82, 2.24) is 0 Å². The van der Waals surface area contributed by atoms with Gasteiger partial charge in [0.25, 0.3) is 0 Å². The Labute approximate surface area is 113 Å². The number of aryl methyl sites for hydroxylation is 2. The lowest BCUT2D eigenvalue weighted by atomic mass is 10.2. The highest BCUT2D eigenvalue weighted by Gasteiger charge is 1.99. The van der Waals surface area contributed by atoms with Crippen LogP contribution in [0.5, 0.6) is 0 Å². The second-order valence-corrected chi connectivity index (χ2v) is 3.80. The van der Waals surface area contributed by atoms with Crippen LogP contribution in [0.3, 0.4) is 0 Å². The maximum absolute atomic E-state index is 9.79. The number of carboxylic acids is 2. The van der Waals surface area contributed by atoms with Crippen LogP contribution in [0.25, 0.3) is 0 Å². The number of carbonyl (C=O) groups is 2. The minimum absolute atomic E-state index is 0. The van der Waals surface area contributed by atoms with Gasteiger partial charge in [-0.05, 0) is 20.3 Å². The van der Waals surface area contributed by atoms with Crippen LogP contribution in [0.1, 0.15) is 30.4 Å². The standard InChI is InChI=1S/C8H10.C5H8O4.ClH/c1-7-3-5-8(2)6-4-7;6-4(7)2-1-3-5(8)9;/h3-6H,1-2H3;1-3H2,(H,6,7)(H,8,9);1H. The van der Waals surface area contributed by atoms with Gasteiger partial charge in [-0.3, -0.25) is 9.59 Å². The van der Waals surface area contributed by atoms with Crippen LogP contribution < -0.4 is 0 Å². The number of rotatable bonds is 4. The molecular formula is C13H19ClO4. The molecule has 1 aromatic rings. The third-order valence-corrected chi connectivity index (χ3v) is 2.00. The zero-order valence-electron chi connectivity index (χ0n) is 10.5. The van der Waals surface area contributed by atoms with E-state index >= 15 is 0 Å². The van der Waals surface area contributed by atoms with Crippen LogP contribution in [0, 0.1) is 13.8 Å². The molecule has 0 radical (unpaired) electrons. The molecule has 1 aromatic carbocycles. The topological polar surface area (TPSA) is 74.6 Å². The van der Waals surface area contributed by atoms with Crippen molar-refractivity contribution in [1.29, 1.82) is 0 Å². The van der Waals surface area contributed by atoms with E-state index < -0.39 is 11.9 Å². The average molecular weight is 275 g/mol. The highest BCUT2D eigenvalue weighted by Crippen LogP contribution is 1.99. The molecule has 0 saturated heterocycles. The van der Waals surface area contributed by atoms with Gasteiger partial charge in [-0.2, -0.15) is 0 Å². The van der Waals surface area contributed by atoms with Crippen molar-refractivity contribution in [3.05, 3.63) is 35.4 Å². The SMILES string of the molecule is Cc1ccc(C)cc1.Cl.O=C(O)CCCC(=O)O. The molecule has 5 heteroatoms. The van der Waals surface area contributed by atoms with Crippen LogP contribution >= 0.6 is 12.4 Å². The van der Waals surface area contributed by atoms with Crippen LogP contribution in [0.2, 0.25) is 0 Å². The molecule has 0 aliphatic heterocycles. The van der Waals surface area contributed by atoms with Crippen molar-refractivity contribution >= 4 is 24.3 Å². The minimum Gasteiger partial charge on any atom is -0.481 e. The predicted octanol–water partition coefficient (Wildman–Crippen LogP) is 3.05. The largest absolute Gasteiger partial charge is 0.481 e. The van der Waals surface area contributed by atoms with E-state index in [-0.39, 0.29) is 31.7 Å². The first kappa shape index (κ1) is 18.8. The van der Waals surface area contributed by atoms with Crippen molar-refractivity contribution in [2.75, 3.05) is 0 Å². The summed E-state index contributed by atoms with van der Waals surface area (Å²) in [7, 11) is 0. The van der Waals surface area contributed by atoms with E-state index in [1.54, 1.807) is 0 Å². The van der Waals surface area contributed by atoms with Crippen molar-refractivity contribution in [2.24, 2.45) is 0 Å². The Bertz CT molecular complexity index is 325. The first-order valence-corrected chi connectivity index (χ1v) is 5.38. The lowest BCUT2D eigenvalue weighted by molar-refractivity contribution is -0.138. The van der Waals surface area contributed by atoms with E-state index in [1.807, 2.05) is 0 Å². The normalized spacial score (nSPS) is 8.56. The van der Waals surface area contributed by atoms with E-state index in [1.165, 1.54) is 11.1 Å². The molecule has 0 saturated carbocycles. The second kappa shape index (κ2) is 10.6. The van der Waals surface area contributed by atoms with Gasteiger partial charge in [0.05, 0.1) is 0 Å². The van der Waals surface area contributed by atoms with Gasteiger partial charge in [-0.1, -0.05) is 35.4 Å². The summed E-state index contributed by atoms with van der Waals surface area (Å²) in [5.74, 6) is -1.90. The summed E-state index contributed by atoms with van der Waals surface area (Å²) < 4.78 is 0. The number of hydrogen-bond donors (Lipinski definition) is 2. The number of carboxylic acid groups (broad SMARTS) is 2. The van der Waals surface area contributed by atoms with E-state index in [4.69, 9.17) is 10.2 Å². The number of aliphatic carboxylic acids is 2. The molecule has 0 aromatic heterocycles. The summed E-state index contributed by atoms with van der Waals surface area (Å²) in [6.45, 7) is 4.19. The molecule has 0 fully saturated rings. The van der Waals surface area contributed by atoms with Gasteiger partial charge in [-0.25, -0.2) is 0 Å². The molecule has 4 nitrogen and oxygen atoms in total. The van der Waals surface area contributed by atoms with E-state index in [2.05, 4.69) is 38.1 Å². The highest BCUT2D eigenvalue weighted by molar-refractivity contribution is 5.85. The first-order chi connectivity index (χ1) is 7.91. The van der Waals surface area contributed by atoms with Gasteiger partial charge >= 0.3 is 11.9 Å². The summed E-state index contributed by atoms with van der Waals surface area (Å²) >= 11 is 0. The summed E-state index contributed by atoms with van der Waals surface area (Å²) in [4.78, 5) is 19.6. The molecule has 0 aliphatic carbocycles. The molecule has 18 heavy (non-hydrogen) atoms. The smallest absolute Gasteiger partial charge is 0.303 e. The van der Waals surface area contributed by atoms with Crippen molar-refractivity contribution < 1.29 is 19.8 Å². The van der Waals surface area contributed by atoms with E-state index in [0.29, 0.717) is 0 Å². The van der Waals surface area contributed by atoms with Crippen LogP contribution in [0.15, 0.2) is 24.3 Å². The Morgan fingerprint density at radius 3 is 1.39 bits per heavy atom. The van der Waals surface area contributed by atoms with Crippen LogP contribution in [-0.4, -0.2) is 22.2 Å². The summed E-state index contributed by atoms with van der Waals surface area (Å²) in [5.41, 5.74) is 2.66. The summed E-state index contributed by atoms with van der Waals surface area (Å²) in [6.07, 6.45) is 0.0866. The van der Waals surface area contributed by atoms with Crippen molar-refractivity contribution in [3.63, 3.8) is 0 Å². The van der Waals surface area contributed by atoms with Gasteiger partial charge in [-0.15, -0.1) is 12.4 Å². The molecule has 0 amide bonds. The third kappa shape index (κ3) is 12.5.